The van der Waals surface area contributed by atoms with Gasteiger partial charge in [0.2, 0.25) is 0 Å². The fourth-order valence-corrected chi connectivity index (χ4v) is 7.38. The third-order valence-corrected chi connectivity index (χ3v) is 9.02. The summed E-state index contributed by atoms with van der Waals surface area (Å²) in [5.41, 5.74) is 11.8. The number of fused-ring (bicyclic) bond motifs is 6. The van der Waals surface area contributed by atoms with Crippen molar-refractivity contribution in [2.45, 2.75) is 81.3 Å². The molecule has 0 saturated heterocycles. The molecule has 0 saturated carbocycles. The number of hydrogen-bond acceptors (Lipinski definition) is 10. The molecule has 0 bridgehead atoms. The van der Waals surface area contributed by atoms with Crippen LogP contribution in [0.3, 0.4) is 0 Å². The molecular formula is C31H40N8O2S2. The van der Waals surface area contributed by atoms with Crippen molar-refractivity contribution in [2.24, 2.45) is 5.41 Å². The molecule has 0 radical (unpaired) electrons. The van der Waals surface area contributed by atoms with E-state index in [4.69, 9.17) is 10.5 Å². The second-order valence-electron chi connectivity index (χ2n) is 13.2. The van der Waals surface area contributed by atoms with Crippen molar-refractivity contribution >= 4 is 81.3 Å². The van der Waals surface area contributed by atoms with Crippen molar-refractivity contribution in [1.82, 2.24) is 29.9 Å². The number of nitrogens with one attached hydrogen (secondary N) is 2. The molecule has 0 amide bonds. The summed E-state index contributed by atoms with van der Waals surface area (Å²) in [6.45, 7) is 21.3. The van der Waals surface area contributed by atoms with E-state index in [9.17, 15) is 4.79 Å². The number of aromatic amines is 1. The lowest BCUT2D eigenvalue weighted by molar-refractivity contribution is 0.0523. The first kappa shape index (κ1) is 30.7. The highest BCUT2D eigenvalue weighted by molar-refractivity contribution is 7.26. The number of aromatic nitrogens is 6. The maximum Gasteiger partial charge on any atom is 0.435 e. The van der Waals surface area contributed by atoms with Crippen LogP contribution in [0.1, 0.15) is 70.5 Å². The van der Waals surface area contributed by atoms with Gasteiger partial charge in [-0.15, -0.1) is 27.8 Å². The number of ether oxygens (including phenoxy) is 1. The van der Waals surface area contributed by atoms with Gasteiger partial charge in [0.25, 0.3) is 0 Å². The summed E-state index contributed by atoms with van der Waals surface area (Å²) in [5.74, 6) is 1.27. The van der Waals surface area contributed by atoms with Gasteiger partial charge in [0.05, 0.1) is 14.9 Å². The van der Waals surface area contributed by atoms with Crippen LogP contribution in [0.4, 0.5) is 16.4 Å². The van der Waals surface area contributed by atoms with Crippen LogP contribution >= 0.6 is 22.7 Å². The molecule has 0 aliphatic heterocycles. The van der Waals surface area contributed by atoms with Crippen LogP contribution < -0.4 is 11.1 Å². The van der Waals surface area contributed by atoms with E-state index in [0.717, 1.165) is 61.0 Å². The minimum Gasteiger partial charge on any atom is -0.442 e. The Balaban J connectivity index is 0.000000171. The number of thiophene rings is 2. The zero-order chi connectivity index (χ0) is 31.4. The second-order valence-corrected chi connectivity index (χ2v) is 15.2. The normalized spacial score (nSPS) is 12.3. The SMILES string of the molecule is Cc1cc(C)c2c(n1)sc1c(N)nn(C(=O)OC(C)(C)C)c12.Cc1cc(C)c2c(n1)sc1c(NCCC(C)(C)C)n[nH]c12. The third kappa shape index (κ3) is 6.30. The van der Waals surface area contributed by atoms with Crippen LogP contribution in [0.5, 0.6) is 0 Å². The first-order chi connectivity index (χ1) is 20.0. The Kier molecular flexibility index (Phi) is 7.89. The molecule has 0 aromatic carbocycles. The van der Waals surface area contributed by atoms with Gasteiger partial charge in [0, 0.05) is 28.7 Å². The topological polar surface area (TPSA) is 137 Å². The molecule has 6 aromatic rings. The highest BCUT2D eigenvalue weighted by Crippen LogP contribution is 2.39. The second kappa shape index (κ2) is 11.1. The Hall–Kier alpha value is -3.77. The largest absolute Gasteiger partial charge is 0.442 e. The van der Waals surface area contributed by atoms with E-state index in [1.54, 1.807) is 11.3 Å². The lowest BCUT2D eigenvalue weighted by Crippen LogP contribution is -2.27. The lowest BCUT2D eigenvalue weighted by Gasteiger charge is -2.19. The smallest absolute Gasteiger partial charge is 0.435 e. The van der Waals surface area contributed by atoms with Crippen molar-refractivity contribution in [2.75, 3.05) is 17.6 Å². The number of rotatable bonds is 3. The van der Waals surface area contributed by atoms with Crippen LogP contribution in [0.25, 0.3) is 40.9 Å². The first-order valence-electron chi connectivity index (χ1n) is 14.3. The van der Waals surface area contributed by atoms with E-state index in [1.807, 2.05) is 47.6 Å². The fourth-order valence-electron chi connectivity index (χ4n) is 4.99. The van der Waals surface area contributed by atoms with Crippen molar-refractivity contribution in [3.05, 3.63) is 34.6 Å². The Morgan fingerprint density at radius 3 is 2.14 bits per heavy atom. The fraction of sp³-hybridized carbons (Fsp3) is 0.452. The monoisotopic (exact) mass is 620 g/mol. The number of pyridine rings is 2. The molecule has 0 spiro atoms. The van der Waals surface area contributed by atoms with E-state index in [-0.39, 0.29) is 0 Å². The number of nitrogens with zero attached hydrogens (tertiary/aromatic N) is 5. The summed E-state index contributed by atoms with van der Waals surface area (Å²) in [5, 5.41) is 17.3. The number of aryl methyl sites for hydroxylation is 4. The average molecular weight is 621 g/mol. The number of H-pyrrole nitrogens is 1. The zero-order valence-electron chi connectivity index (χ0n) is 26.5. The van der Waals surface area contributed by atoms with Crippen LogP contribution in [0.15, 0.2) is 12.1 Å². The van der Waals surface area contributed by atoms with Gasteiger partial charge in [0.1, 0.15) is 20.8 Å². The first-order valence-corrected chi connectivity index (χ1v) is 15.9. The molecule has 10 nitrogen and oxygen atoms in total. The number of carbonyl (C=O) groups is 1. The lowest BCUT2D eigenvalue weighted by atomic mass is 9.92. The summed E-state index contributed by atoms with van der Waals surface area (Å²) >= 11 is 3.16. The molecule has 43 heavy (non-hydrogen) atoms. The zero-order valence-corrected chi connectivity index (χ0v) is 28.1. The predicted octanol–water partition coefficient (Wildman–Crippen LogP) is 8.27. The molecule has 0 aliphatic carbocycles. The summed E-state index contributed by atoms with van der Waals surface area (Å²) in [6.07, 6.45) is 0.580. The van der Waals surface area contributed by atoms with Crippen LogP contribution in [-0.2, 0) is 4.74 Å². The van der Waals surface area contributed by atoms with Crippen LogP contribution in [-0.4, -0.2) is 48.2 Å². The maximum atomic E-state index is 12.4. The molecule has 0 atom stereocenters. The van der Waals surface area contributed by atoms with E-state index in [1.165, 1.54) is 31.7 Å². The molecule has 6 rings (SSSR count). The number of nitrogen functional groups attached to an aromatic ring is 1. The molecule has 0 fully saturated rings. The number of nitrogens with two attached hydrogens (primary N) is 1. The number of anilines is 2. The summed E-state index contributed by atoms with van der Waals surface area (Å²) in [6, 6.07) is 4.11. The predicted molar refractivity (Wildman–Crippen MR) is 180 cm³/mol. The molecule has 228 valence electrons. The Morgan fingerprint density at radius 2 is 1.53 bits per heavy atom. The van der Waals surface area contributed by atoms with Gasteiger partial charge in [0.15, 0.2) is 11.6 Å². The molecule has 6 aromatic heterocycles. The molecular weight excluding hydrogens is 581 g/mol. The van der Waals surface area contributed by atoms with Crippen molar-refractivity contribution in [3.63, 3.8) is 0 Å². The molecule has 0 unspecified atom stereocenters. The summed E-state index contributed by atoms with van der Waals surface area (Å²) in [4.78, 5) is 23.5. The van der Waals surface area contributed by atoms with Gasteiger partial charge in [-0.1, -0.05) is 20.8 Å². The Bertz CT molecular complexity index is 1980. The molecule has 0 aliphatic rings. The summed E-state index contributed by atoms with van der Waals surface area (Å²) < 4.78 is 8.61. The average Bonchev–Trinajstić information content (AvgIpc) is 3.58. The molecule has 12 heteroatoms. The van der Waals surface area contributed by atoms with Gasteiger partial charge >= 0.3 is 6.09 Å². The van der Waals surface area contributed by atoms with Crippen molar-refractivity contribution < 1.29 is 9.53 Å². The van der Waals surface area contributed by atoms with E-state index in [0.29, 0.717) is 16.7 Å². The van der Waals surface area contributed by atoms with E-state index in [2.05, 4.69) is 64.3 Å². The van der Waals surface area contributed by atoms with Gasteiger partial charge in [-0.25, -0.2) is 14.8 Å². The van der Waals surface area contributed by atoms with Crippen molar-refractivity contribution in [1.29, 1.82) is 0 Å². The Labute approximate surface area is 259 Å². The van der Waals surface area contributed by atoms with Gasteiger partial charge in [-0.05, 0) is 83.6 Å². The molecule has 4 N–H and O–H groups in total. The van der Waals surface area contributed by atoms with Crippen molar-refractivity contribution in [3.8, 4) is 0 Å². The van der Waals surface area contributed by atoms with E-state index < -0.39 is 11.7 Å². The highest BCUT2D eigenvalue weighted by atomic mass is 32.1. The quantitative estimate of drug-likeness (QED) is 0.180. The van der Waals surface area contributed by atoms with Crippen LogP contribution in [0.2, 0.25) is 0 Å². The third-order valence-electron chi connectivity index (χ3n) is 6.83. The minimum atomic E-state index is -0.597. The number of hydrogen-bond donors (Lipinski definition) is 3. The van der Waals surface area contributed by atoms with Gasteiger partial charge in [-0.2, -0.15) is 9.78 Å². The minimum absolute atomic E-state index is 0.320. The Morgan fingerprint density at radius 1 is 0.953 bits per heavy atom. The number of carbonyl (C=O) groups excluding carboxylic acids is 1. The van der Waals surface area contributed by atoms with Gasteiger partial charge < -0.3 is 15.8 Å². The van der Waals surface area contributed by atoms with Crippen LogP contribution in [0, 0.1) is 33.1 Å². The standard InChI is InChI=1S/C16H22N4S.C15H18N4O2S/c1-9-8-10(2)18-15-11(9)12-13(21-15)14(20-19-12)17-7-6-16(3,4)5;1-7-6-8(2)17-13-9(7)10-11(22-13)12(16)18-19(10)14(20)21-15(3,4)5/h8H,6-7H2,1-5H3,(H2,17,19,20);6H,1-5H3,(H2,16,18). The summed E-state index contributed by atoms with van der Waals surface area (Å²) in [7, 11) is 0. The maximum absolute atomic E-state index is 12.4. The highest BCUT2D eigenvalue weighted by Gasteiger charge is 2.25. The van der Waals surface area contributed by atoms with Gasteiger partial charge in [-0.3, -0.25) is 5.10 Å². The molecule has 6 heterocycles. The van der Waals surface area contributed by atoms with E-state index >= 15 is 0 Å².